The van der Waals surface area contributed by atoms with E-state index >= 15 is 0 Å². The second-order valence-corrected chi connectivity index (χ2v) is 9.48. The number of fused-ring (bicyclic) bond motifs is 1. The molecule has 0 aliphatic carbocycles. The SMILES string of the molecule is O=C(O)CC(NC(=O)CN1CCN(Cc2ccc3ccccc3c2)C(=O)C1)C(=O)COc1c(F)c(F)cc(F)c1F. The van der Waals surface area contributed by atoms with Crippen molar-refractivity contribution in [2.24, 2.45) is 0 Å². The summed E-state index contributed by atoms with van der Waals surface area (Å²) in [6.07, 6.45) is -0.894. The number of benzene rings is 3. The van der Waals surface area contributed by atoms with Gasteiger partial charge in [0.25, 0.3) is 0 Å². The van der Waals surface area contributed by atoms with Crippen LogP contribution in [0.4, 0.5) is 17.6 Å². The van der Waals surface area contributed by atoms with Gasteiger partial charge in [-0.25, -0.2) is 8.78 Å². The first-order valence-corrected chi connectivity index (χ1v) is 12.5. The molecule has 3 aromatic carbocycles. The number of ether oxygens (including phenoxy) is 1. The number of hydrogen-bond acceptors (Lipinski definition) is 6. The molecule has 1 fully saturated rings. The van der Waals surface area contributed by atoms with E-state index in [1.54, 1.807) is 4.90 Å². The Hall–Kier alpha value is -4.52. The van der Waals surface area contributed by atoms with Crippen LogP contribution in [0, 0.1) is 23.3 Å². The molecule has 0 spiro atoms. The fourth-order valence-electron chi connectivity index (χ4n) is 4.40. The summed E-state index contributed by atoms with van der Waals surface area (Å²) in [5, 5.41) is 13.5. The van der Waals surface area contributed by atoms with Crippen molar-refractivity contribution in [1.29, 1.82) is 0 Å². The first kappa shape index (κ1) is 29.5. The number of piperazine rings is 1. The standard InChI is InChI=1S/C28H25F4N3O6/c29-19-10-20(30)27(32)28(26(19)31)41-15-22(36)21(11-25(39)40)33-23(37)13-34-7-8-35(24(38)14-34)12-16-5-6-17-3-1-2-4-18(17)9-16/h1-6,9-10,21H,7-8,11-15H2,(H,33,37)(H,39,40). The van der Waals surface area contributed by atoms with E-state index in [0.29, 0.717) is 19.6 Å². The van der Waals surface area contributed by atoms with Crippen molar-refractivity contribution in [1.82, 2.24) is 15.1 Å². The highest BCUT2D eigenvalue weighted by atomic mass is 19.2. The summed E-state index contributed by atoms with van der Waals surface area (Å²) in [4.78, 5) is 52.3. The summed E-state index contributed by atoms with van der Waals surface area (Å²) < 4.78 is 58.9. The van der Waals surface area contributed by atoms with Crippen LogP contribution in [-0.2, 0) is 25.7 Å². The fraction of sp³-hybridized carbons (Fsp3) is 0.286. The Kier molecular flexibility index (Phi) is 9.17. The summed E-state index contributed by atoms with van der Waals surface area (Å²) in [6, 6.07) is 12.0. The minimum Gasteiger partial charge on any atom is -0.481 e. The highest BCUT2D eigenvalue weighted by Gasteiger charge is 2.29. The van der Waals surface area contributed by atoms with E-state index in [0.717, 1.165) is 16.3 Å². The summed E-state index contributed by atoms with van der Waals surface area (Å²) in [7, 11) is 0. The van der Waals surface area contributed by atoms with Gasteiger partial charge in [0.15, 0.2) is 23.2 Å². The molecule has 1 unspecified atom stereocenters. The van der Waals surface area contributed by atoms with Crippen LogP contribution < -0.4 is 10.1 Å². The average molecular weight is 576 g/mol. The number of ketones is 1. The van der Waals surface area contributed by atoms with Crippen LogP contribution in [0.2, 0.25) is 0 Å². The molecule has 1 saturated heterocycles. The highest BCUT2D eigenvalue weighted by Crippen LogP contribution is 2.26. The molecule has 1 heterocycles. The van der Waals surface area contributed by atoms with E-state index in [1.165, 1.54) is 4.90 Å². The van der Waals surface area contributed by atoms with Gasteiger partial charge in [0.1, 0.15) is 12.6 Å². The molecule has 1 aliphatic heterocycles. The van der Waals surface area contributed by atoms with Crippen LogP contribution >= 0.6 is 0 Å². The van der Waals surface area contributed by atoms with Crippen LogP contribution in [0.5, 0.6) is 5.75 Å². The average Bonchev–Trinajstić information content (AvgIpc) is 2.92. The van der Waals surface area contributed by atoms with Gasteiger partial charge in [0.2, 0.25) is 23.4 Å². The third-order valence-corrected chi connectivity index (χ3v) is 6.49. The number of rotatable bonds is 11. The number of hydrogen-bond donors (Lipinski definition) is 2. The Morgan fingerprint density at radius 2 is 1.63 bits per heavy atom. The number of carboxylic acids is 1. The van der Waals surface area contributed by atoms with E-state index in [1.807, 2.05) is 42.5 Å². The molecule has 1 atom stereocenters. The number of nitrogens with zero attached hydrogens (tertiary/aromatic N) is 2. The smallest absolute Gasteiger partial charge is 0.305 e. The minimum atomic E-state index is -1.88. The topological polar surface area (TPSA) is 116 Å². The first-order chi connectivity index (χ1) is 19.5. The molecule has 0 aromatic heterocycles. The summed E-state index contributed by atoms with van der Waals surface area (Å²) in [6.45, 7) is -0.567. The van der Waals surface area contributed by atoms with Gasteiger partial charge in [-0.15, -0.1) is 0 Å². The summed E-state index contributed by atoms with van der Waals surface area (Å²) in [5.41, 5.74) is 0.946. The zero-order chi connectivity index (χ0) is 29.7. The van der Waals surface area contributed by atoms with Crippen molar-refractivity contribution in [3.8, 4) is 5.75 Å². The lowest BCUT2D eigenvalue weighted by atomic mass is 10.1. The van der Waals surface area contributed by atoms with Crippen molar-refractivity contribution in [2.45, 2.75) is 19.0 Å². The number of carbonyl (C=O) groups excluding carboxylic acids is 3. The normalized spacial score (nSPS) is 14.6. The van der Waals surface area contributed by atoms with Gasteiger partial charge in [0.05, 0.1) is 19.5 Å². The van der Waals surface area contributed by atoms with Crippen molar-refractivity contribution in [2.75, 3.05) is 32.8 Å². The Balaban J connectivity index is 1.31. The number of carbonyl (C=O) groups is 4. The van der Waals surface area contributed by atoms with Gasteiger partial charge < -0.3 is 20.1 Å². The van der Waals surface area contributed by atoms with Gasteiger partial charge in [-0.3, -0.25) is 24.1 Å². The maximum Gasteiger partial charge on any atom is 0.305 e. The Bertz CT molecular complexity index is 1470. The van der Waals surface area contributed by atoms with E-state index in [-0.39, 0.29) is 25.1 Å². The fourth-order valence-corrected chi connectivity index (χ4v) is 4.40. The number of aliphatic carboxylic acids is 1. The highest BCUT2D eigenvalue weighted by molar-refractivity contribution is 5.93. The molecule has 0 radical (unpaired) electrons. The molecular formula is C28H25F4N3O6. The third kappa shape index (κ3) is 7.37. The van der Waals surface area contributed by atoms with E-state index in [9.17, 15) is 36.7 Å². The van der Waals surface area contributed by atoms with Gasteiger partial charge >= 0.3 is 5.97 Å². The minimum absolute atomic E-state index is 0.0409. The maximum absolute atomic E-state index is 13.8. The Morgan fingerprint density at radius 3 is 2.29 bits per heavy atom. The molecule has 3 aromatic rings. The number of Topliss-reactive ketones (excluding diaryl/α,β-unsaturated/α-hetero) is 1. The molecule has 216 valence electrons. The van der Waals surface area contributed by atoms with Crippen molar-refractivity contribution < 1.29 is 46.6 Å². The van der Waals surface area contributed by atoms with E-state index in [4.69, 9.17) is 5.11 Å². The number of nitrogens with one attached hydrogen (secondary N) is 1. The molecule has 1 aliphatic rings. The molecule has 2 amide bonds. The molecule has 9 nitrogen and oxygen atoms in total. The predicted molar refractivity (Wildman–Crippen MR) is 137 cm³/mol. The lowest BCUT2D eigenvalue weighted by molar-refractivity contribution is -0.140. The van der Waals surface area contributed by atoms with Gasteiger partial charge in [0, 0.05) is 25.7 Å². The monoisotopic (exact) mass is 575 g/mol. The lowest BCUT2D eigenvalue weighted by Crippen LogP contribution is -2.54. The van der Waals surface area contributed by atoms with Crippen molar-refractivity contribution in [3.63, 3.8) is 0 Å². The van der Waals surface area contributed by atoms with Gasteiger partial charge in [-0.1, -0.05) is 36.4 Å². The second kappa shape index (κ2) is 12.8. The van der Waals surface area contributed by atoms with E-state index in [2.05, 4.69) is 10.1 Å². The lowest BCUT2D eigenvalue weighted by Gasteiger charge is -2.34. The largest absolute Gasteiger partial charge is 0.481 e. The third-order valence-electron chi connectivity index (χ3n) is 6.49. The van der Waals surface area contributed by atoms with Gasteiger partial charge in [-0.05, 0) is 22.4 Å². The molecule has 0 saturated carbocycles. The van der Waals surface area contributed by atoms with Crippen LogP contribution in [0.15, 0.2) is 48.5 Å². The van der Waals surface area contributed by atoms with Crippen LogP contribution in [0.25, 0.3) is 10.8 Å². The maximum atomic E-state index is 13.8. The second-order valence-electron chi connectivity index (χ2n) is 9.48. The number of halogens is 4. The van der Waals surface area contributed by atoms with Crippen LogP contribution in [0.1, 0.15) is 12.0 Å². The Labute approximate surface area is 231 Å². The van der Waals surface area contributed by atoms with Gasteiger partial charge in [-0.2, -0.15) is 8.78 Å². The molecule has 4 rings (SSSR count). The molecule has 2 N–H and O–H groups in total. The molecular weight excluding hydrogens is 550 g/mol. The van der Waals surface area contributed by atoms with Crippen molar-refractivity contribution in [3.05, 3.63) is 77.4 Å². The molecule has 13 heteroatoms. The van der Waals surface area contributed by atoms with Crippen LogP contribution in [-0.4, -0.2) is 77.3 Å². The Morgan fingerprint density at radius 1 is 0.951 bits per heavy atom. The first-order valence-electron chi connectivity index (χ1n) is 12.5. The zero-order valence-electron chi connectivity index (χ0n) is 21.5. The molecule has 41 heavy (non-hydrogen) atoms. The quantitative estimate of drug-likeness (QED) is 0.267. The van der Waals surface area contributed by atoms with Crippen LogP contribution in [0.3, 0.4) is 0 Å². The summed E-state index contributed by atoms with van der Waals surface area (Å²) >= 11 is 0. The summed E-state index contributed by atoms with van der Waals surface area (Å²) in [5.74, 6) is -12.3. The predicted octanol–water partition coefficient (Wildman–Crippen LogP) is 2.65. The zero-order valence-corrected chi connectivity index (χ0v) is 21.5. The van der Waals surface area contributed by atoms with Crippen molar-refractivity contribution >= 4 is 34.3 Å². The molecule has 0 bridgehead atoms. The number of carboxylic acid groups (broad SMARTS) is 1. The van der Waals surface area contributed by atoms with E-state index < -0.39 is 65.7 Å². The number of amides is 2.